The molecule has 0 aliphatic carbocycles. The summed E-state index contributed by atoms with van der Waals surface area (Å²) in [5, 5.41) is 4.83. The largest absolute Gasteiger partial charge is 0.379 e. The van der Waals surface area contributed by atoms with Gasteiger partial charge in [-0.15, -0.1) is 0 Å². The highest BCUT2D eigenvalue weighted by Crippen LogP contribution is 2.26. The Hall–Kier alpha value is -1.09. The molecule has 2 heterocycles. The van der Waals surface area contributed by atoms with E-state index < -0.39 is 0 Å². The summed E-state index contributed by atoms with van der Waals surface area (Å²) in [6, 6.07) is 9.14. The van der Waals surface area contributed by atoms with Crippen molar-refractivity contribution in [2.45, 2.75) is 6.04 Å². The average molecular weight is 204 g/mol. The Labute approximate surface area is 87.1 Å². The van der Waals surface area contributed by atoms with Crippen LogP contribution in [0.2, 0.25) is 0 Å². The minimum absolute atomic E-state index is 0.661. The summed E-state index contributed by atoms with van der Waals surface area (Å²) in [7, 11) is 0. The number of aromatic nitrogens is 1. The van der Waals surface area contributed by atoms with Crippen molar-refractivity contribution in [1.29, 1.82) is 0 Å². The van der Waals surface area contributed by atoms with Gasteiger partial charge in [0.2, 0.25) is 0 Å². The van der Waals surface area contributed by atoms with Crippen LogP contribution < -0.4 is 5.32 Å². The molecule has 3 heteroatoms. The van der Waals surface area contributed by atoms with Crippen molar-refractivity contribution >= 4 is 28.4 Å². The summed E-state index contributed by atoms with van der Waals surface area (Å²) in [6.07, 6.45) is 1.99. The van der Waals surface area contributed by atoms with Crippen LogP contribution in [0.25, 0.3) is 10.9 Å². The fraction of sp³-hybridized carbons (Fsp3) is 0.273. The van der Waals surface area contributed by atoms with Crippen LogP contribution >= 0.6 is 11.8 Å². The molecule has 0 radical (unpaired) electrons. The van der Waals surface area contributed by atoms with Crippen LogP contribution in [0.3, 0.4) is 0 Å². The SMILES string of the molecule is c1cc(NC2CSC2)c2[nH]ccc2c1. The Morgan fingerprint density at radius 1 is 1.29 bits per heavy atom. The second-order valence-corrected chi connectivity index (χ2v) is 4.70. The van der Waals surface area contributed by atoms with E-state index >= 15 is 0 Å². The smallest absolute Gasteiger partial charge is 0.0689 e. The molecule has 1 aromatic carbocycles. The first-order valence-corrected chi connectivity index (χ1v) is 5.99. The molecule has 1 aliphatic heterocycles. The molecular formula is C11H12N2S. The number of benzene rings is 1. The molecule has 2 N–H and O–H groups in total. The lowest BCUT2D eigenvalue weighted by Crippen LogP contribution is -2.33. The molecule has 1 saturated heterocycles. The summed E-state index contributed by atoms with van der Waals surface area (Å²) >= 11 is 2.00. The topological polar surface area (TPSA) is 27.8 Å². The van der Waals surface area contributed by atoms with Crippen molar-refractivity contribution in [3.05, 3.63) is 30.5 Å². The molecule has 1 aliphatic rings. The first kappa shape index (κ1) is 8.24. The predicted octanol–water partition coefficient (Wildman–Crippen LogP) is 2.70. The Morgan fingerprint density at radius 3 is 3.00 bits per heavy atom. The molecule has 0 saturated carbocycles. The van der Waals surface area contributed by atoms with Gasteiger partial charge in [0, 0.05) is 29.1 Å². The summed E-state index contributed by atoms with van der Waals surface area (Å²) in [4.78, 5) is 3.27. The minimum Gasteiger partial charge on any atom is -0.379 e. The van der Waals surface area contributed by atoms with Gasteiger partial charge in [-0.3, -0.25) is 0 Å². The first-order chi connectivity index (χ1) is 6.93. The normalized spacial score (nSPS) is 16.9. The maximum atomic E-state index is 3.56. The summed E-state index contributed by atoms with van der Waals surface area (Å²) in [5.41, 5.74) is 2.46. The fourth-order valence-corrected chi connectivity index (χ4v) is 2.38. The third-order valence-corrected chi connectivity index (χ3v) is 3.86. The maximum absolute atomic E-state index is 3.56. The highest BCUT2D eigenvalue weighted by molar-refractivity contribution is 8.00. The predicted molar refractivity (Wildman–Crippen MR) is 63.0 cm³/mol. The first-order valence-electron chi connectivity index (χ1n) is 4.84. The van der Waals surface area contributed by atoms with E-state index in [-0.39, 0.29) is 0 Å². The summed E-state index contributed by atoms with van der Waals surface area (Å²) in [6.45, 7) is 0. The zero-order valence-corrected chi connectivity index (χ0v) is 8.60. The molecule has 72 valence electrons. The quantitative estimate of drug-likeness (QED) is 0.787. The number of rotatable bonds is 2. The van der Waals surface area contributed by atoms with Crippen LogP contribution in [-0.2, 0) is 0 Å². The molecule has 0 unspecified atom stereocenters. The van der Waals surface area contributed by atoms with Gasteiger partial charge in [0.25, 0.3) is 0 Å². The molecule has 14 heavy (non-hydrogen) atoms. The van der Waals surface area contributed by atoms with E-state index in [1.165, 1.54) is 28.1 Å². The van der Waals surface area contributed by atoms with Crippen LogP contribution in [0.5, 0.6) is 0 Å². The van der Waals surface area contributed by atoms with Crippen LogP contribution in [0.4, 0.5) is 5.69 Å². The molecule has 1 fully saturated rings. The number of aromatic amines is 1. The zero-order valence-electron chi connectivity index (χ0n) is 7.79. The van der Waals surface area contributed by atoms with Gasteiger partial charge >= 0.3 is 0 Å². The second kappa shape index (κ2) is 3.24. The van der Waals surface area contributed by atoms with Crippen LogP contribution in [0, 0.1) is 0 Å². The van der Waals surface area contributed by atoms with E-state index in [0.717, 1.165) is 0 Å². The molecule has 2 aromatic rings. The average Bonchev–Trinajstić information content (AvgIpc) is 2.59. The van der Waals surface area contributed by atoms with E-state index in [1.54, 1.807) is 0 Å². The van der Waals surface area contributed by atoms with Gasteiger partial charge in [0.15, 0.2) is 0 Å². The highest BCUT2D eigenvalue weighted by atomic mass is 32.2. The molecule has 0 amide bonds. The third-order valence-electron chi connectivity index (χ3n) is 2.58. The Bertz CT molecular complexity index is 445. The van der Waals surface area contributed by atoms with Gasteiger partial charge in [-0.1, -0.05) is 12.1 Å². The Kier molecular flexibility index (Phi) is 1.91. The van der Waals surface area contributed by atoms with E-state index in [2.05, 4.69) is 34.6 Å². The van der Waals surface area contributed by atoms with E-state index in [1.807, 2.05) is 18.0 Å². The monoisotopic (exact) mass is 204 g/mol. The molecule has 1 aromatic heterocycles. The standard InChI is InChI=1S/C11H12N2S/c1-2-8-4-5-12-11(8)10(3-1)13-9-6-14-7-9/h1-5,9,12-13H,6-7H2. The molecular weight excluding hydrogens is 192 g/mol. The van der Waals surface area contributed by atoms with Gasteiger partial charge in [0.05, 0.1) is 11.2 Å². The van der Waals surface area contributed by atoms with Crippen molar-refractivity contribution in [1.82, 2.24) is 4.98 Å². The molecule has 0 atom stereocenters. The van der Waals surface area contributed by atoms with Gasteiger partial charge in [-0.2, -0.15) is 11.8 Å². The van der Waals surface area contributed by atoms with Crippen LogP contribution in [-0.4, -0.2) is 22.5 Å². The second-order valence-electron chi connectivity index (χ2n) is 3.63. The van der Waals surface area contributed by atoms with Gasteiger partial charge in [-0.05, 0) is 12.1 Å². The number of anilines is 1. The Morgan fingerprint density at radius 2 is 2.21 bits per heavy atom. The summed E-state index contributed by atoms with van der Waals surface area (Å²) in [5.74, 6) is 2.47. The number of thioether (sulfide) groups is 1. The fourth-order valence-electron chi connectivity index (χ4n) is 1.74. The van der Waals surface area contributed by atoms with Crippen LogP contribution in [0.1, 0.15) is 0 Å². The number of H-pyrrole nitrogens is 1. The lowest BCUT2D eigenvalue weighted by Gasteiger charge is -2.27. The van der Waals surface area contributed by atoms with Gasteiger partial charge in [-0.25, -0.2) is 0 Å². The van der Waals surface area contributed by atoms with E-state index in [0.29, 0.717) is 6.04 Å². The van der Waals surface area contributed by atoms with Crippen molar-refractivity contribution in [3.63, 3.8) is 0 Å². The maximum Gasteiger partial charge on any atom is 0.0689 e. The van der Waals surface area contributed by atoms with Crippen molar-refractivity contribution < 1.29 is 0 Å². The number of hydrogen-bond donors (Lipinski definition) is 2. The molecule has 2 nitrogen and oxygen atoms in total. The number of hydrogen-bond acceptors (Lipinski definition) is 2. The van der Waals surface area contributed by atoms with Crippen molar-refractivity contribution in [2.24, 2.45) is 0 Å². The van der Waals surface area contributed by atoms with Crippen LogP contribution in [0.15, 0.2) is 30.5 Å². The molecule has 3 rings (SSSR count). The van der Waals surface area contributed by atoms with Gasteiger partial charge < -0.3 is 10.3 Å². The number of fused-ring (bicyclic) bond motifs is 1. The van der Waals surface area contributed by atoms with Gasteiger partial charge in [0.1, 0.15) is 0 Å². The van der Waals surface area contributed by atoms with Crippen molar-refractivity contribution in [2.75, 3.05) is 16.8 Å². The highest BCUT2D eigenvalue weighted by Gasteiger charge is 2.18. The zero-order chi connectivity index (χ0) is 9.38. The molecule has 0 bridgehead atoms. The lowest BCUT2D eigenvalue weighted by molar-refractivity contribution is 0.884. The van der Waals surface area contributed by atoms with E-state index in [9.17, 15) is 0 Å². The number of nitrogens with one attached hydrogen (secondary N) is 2. The minimum atomic E-state index is 0.661. The molecule has 0 spiro atoms. The lowest BCUT2D eigenvalue weighted by atomic mass is 10.2. The van der Waals surface area contributed by atoms with E-state index in [4.69, 9.17) is 0 Å². The summed E-state index contributed by atoms with van der Waals surface area (Å²) < 4.78 is 0. The number of para-hydroxylation sites is 1. The van der Waals surface area contributed by atoms with Crippen molar-refractivity contribution in [3.8, 4) is 0 Å². The third kappa shape index (κ3) is 1.28. The Balaban J connectivity index is 1.97.